The van der Waals surface area contributed by atoms with E-state index in [1.807, 2.05) is 19.1 Å². The molecule has 1 aromatic carbocycles. The maximum Gasteiger partial charge on any atom is 0.335 e. The lowest BCUT2D eigenvalue weighted by Crippen LogP contribution is -2.15. The number of rotatable bonds is 4. The summed E-state index contributed by atoms with van der Waals surface area (Å²) in [5.74, 6) is -0.885. The van der Waals surface area contributed by atoms with Crippen molar-refractivity contribution in [2.45, 2.75) is 25.8 Å². The van der Waals surface area contributed by atoms with Gasteiger partial charge in [0.1, 0.15) is 0 Å². The van der Waals surface area contributed by atoms with E-state index < -0.39 is 5.97 Å². The number of carbonyl (C=O) groups is 1. The van der Waals surface area contributed by atoms with Gasteiger partial charge in [-0.05, 0) is 37.5 Å². The number of hydrogen-bond acceptors (Lipinski definition) is 2. The predicted molar refractivity (Wildman–Crippen MR) is 55.4 cm³/mol. The summed E-state index contributed by atoms with van der Waals surface area (Å²) in [6.07, 6.45) is 1.82. The van der Waals surface area contributed by atoms with Crippen molar-refractivity contribution in [3.05, 3.63) is 35.4 Å². The highest BCUT2D eigenvalue weighted by Gasteiger charge is 2.02. The van der Waals surface area contributed by atoms with Crippen LogP contribution in [0, 0.1) is 0 Å². The summed E-state index contributed by atoms with van der Waals surface area (Å²) in [6, 6.07) is 7.11. The van der Waals surface area contributed by atoms with Gasteiger partial charge in [-0.25, -0.2) is 4.79 Å². The second kappa shape index (κ2) is 4.77. The van der Waals surface area contributed by atoms with Crippen LogP contribution in [0.4, 0.5) is 0 Å². The van der Waals surface area contributed by atoms with Gasteiger partial charge in [0.25, 0.3) is 0 Å². The SMILES string of the molecule is C[C@H](N)CCc1ccc(C(=O)O)cc1. The summed E-state index contributed by atoms with van der Waals surface area (Å²) in [4.78, 5) is 10.6. The third kappa shape index (κ3) is 3.18. The molecule has 0 unspecified atom stereocenters. The summed E-state index contributed by atoms with van der Waals surface area (Å²) in [6.45, 7) is 1.96. The molecule has 0 saturated heterocycles. The van der Waals surface area contributed by atoms with Crippen LogP contribution in [0.5, 0.6) is 0 Å². The molecule has 0 saturated carbocycles. The minimum atomic E-state index is -0.885. The lowest BCUT2D eigenvalue weighted by molar-refractivity contribution is 0.0697. The Balaban J connectivity index is 2.60. The smallest absolute Gasteiger partial charge is 0.335 e. The van der Waals surface area contributed by atoms with Gasteiger partial charge in [-0.2, -0.15) is 0 Å². The first kappa shape index (κ1) is 10.7. The molecule has 1 atom stereocenters. The number of aryl methyl sites for hydroxylation is 1. The molecule has 3 heteroatoms. The highest BCUT2D eigenvalue weighted by Crippen LogP contribution is 2.07. The Morgan fingerprint density at radius 2 is 2.00 bits per heavy atom. The van der Waals surface area contributed by atoms with Crippen molar-refractivity contribution in [1.29, 1.82) is 0 Å². The average Bonchev–Trinajstić information content (AvgIpc) is 2.15. The molecule has 0 fully saturated rings. The monoisotopic (exact) mass is 193 g/mol. The number of benzene rings is 1. The van der Waals surface area contributed by atoms with E-state index in [4.69, 9.17) is 10.8 Å². The minimum Gasteiger partial charge on any atom is -0.478 e. The van der Waals surface area contributed by atoms with Crippen LogP contribution in [-0.2, 0) is 6.42 Å². The Morgan fingerprint density at radius 3 is 2.43 bits per heavy atom. The van der Waals surface area contributed by atoms with Crippen molar-refractivity contribution in [1.82, 2.24) is 0 Å². The van der Waals surface area contributed by atoms with Gasteiger partial charge in [-0.3, -0.25) is 0 Å². The molecular weight excluding hydrogens is 178 g/mol. The molecule has 0 aliphatic carbocycles. The van der Waals surface area contributed by atoms with Crippen molar-refractivity contribution in [3.8, 4) is 0 Å². The fraction of sp³-hybridized carbons (Fsp3) is 0.364. The molecule has 0 spiro atoms. The zero-order valence-electron chi connectivity index (χ0n) is 8.23. The van der Waals surface area contributed by atoms with E-state index in [2.05, 4.69) is 0 Å². The third-order valence-electron chi connectivity index (χ3n) is 2.09. The van der Waals surface area contributed by atoms with Crippen LogP contribution in [0.2, 0.25) is 0 Å². The van der Waals surface area contributed by atoms with Crippen molar-refractivity contribution in [3.63, 3.8) is 0 Å². The van der Waals surface area contributed by atoms with Crippen molar-refractivity contribution in [2.75, 3.05) is 0 Å². The van der Waals surface area contributed by atoms with Crippen LogP contribution in [0.1, 0.15) is 29.3 Å². The van der Waals surface area contributed by atoms with Crippen LogP contribution < -0.4 is 5.73 Å². The molecule has 1 aromatic rings. The molecule has 0 aliphatic rings. The van der Waals surface area contributed by atoms with E-state index in [9.17, 15) is 4.79 Å². The summed E-state index contributed by atoms with van der Waals surface area (Å²) in [7, 11) is 0. The molecule has 14 heavy (non-hydrogen) atoms. The lowest BCUT2D eigenvalue weighted by atomic mass is 10.1. The Hall–Kier alpha value is -1.35. The molecule has 76 valence electrons. The fourth-order valence-corrected chi connectivity index (χ4v) is 1.21. The van der Waals surface area contributed by atoms with Gasteiger partial charge in [0.2, 0.25) is 0 Å². The molecule has 0 bridgehead atoms. The molecule has 3 nitrogen and oxygen atoms in total. The molecule has 0 amide bonds. The predicted octanol–water partition coefficient (Wildman–Crippen LogP) is 1.66. The second-order valence-electron chi connectivity index (χ2n) is 3.52. The Labute approximate surface area is 83.6 Å². The molecule has 0 aromatic heterocycles. The van der Waals surface area contributed by atoms with Crippen LogP contribution in [0.3, 0.4) is 0 Å². The topological polar surface area (TPSA) is 63.3 Å². The summed E-state index contributed by atoms with van der Waals surface area (Å²) >= 11 is 0. The first-order valence-corrected chi connectivity index (χ1v) is 4.67. The maximum absolute atomic E-state index is 10.6. The van der Waals surface area contributed by atoms with Crippen LogP contribution in [-0.4, -0.2) is 17.1 Å². The fourth-order valence-electron chi connectivity index (χ4n) is 1.21. The van der Waals surface area contributed by atoms with Gasteiger partial charge in [-0.15, -0.1) is 0 Å². The number of carboxylic acids is 1. The number of carboxylic acid groups (broad SMARTS) is 1. The highest BCUT2D eigenvalue weighted by atomic mass is 16.4. The normalized spacial score (nSPS) is 12.4. The number of nitrogens with two attached hydrogens (primary N) is 1. The Morgan fingerprint density at radius 1 is 1.43 bits per heavy atom. The molecule has 0 aliphatic heterocycles. The quantitative estimate of drug-likeness (QED) is 0.764. The molecule has 3 N–H and O–H groups in total. The summed E-state index contributed by atoms with van der Waals surface area (Å²) in [5, 5.41) is 8.67. The lowest BCUT2D eigenvalue weighted by Gasteiger charge is -2.04. The zero-order chi connectivity index (χ0) is 10.6. The molecule has 0 radical (unpaired) electrons. The van der Waals surface area contributed by atoms with Crippen LogP contribution in [0.15, 0.2) is 24.3 Å². The molecule has 1 rings (SSSR count). The van der Waals surface area contributed by atoms with Crippen molar-refractivity contribution < 1.29 is 9.90 Å². The van der Waals surface area contributed by atoms with Crippen molar-refractivity contribution >= 4 is 5.97 Å². The van der Waals surface area contributed by atoms with E-state index in [1.54, 1.807) is 12.1 Å². The highest BCUT2D eigenvalue weighted by molar-refractivity contribution is 5.87. The zero-order valence-corrected chi connectivity index (χ0v) is 8.23. The van der Waals surface area contributed by atoms with E-state index in [0.717, 1.165) is 18.4 Å². The van der Waals surface area contributed by atoms with Crippen LogP contribution >= 0.6 is 0 Å². The van der Waals surface area contributed by atoms with E-state index >= 15 is 0 Å². The number of hydrogen-bond donors (Lipinski definition) is 2. The van der Waals surface area contributed by atoms with Gasteiger partial charge in [0.15, 0.2) is 0 Å². The van der Waals surface area contributed by atoms with Crippen LogP contribution in [0.25, 0.3) is 0 Å². The van der Waals surface area contributed by atoms with E-state index in [0.29, 0.717) is 5.56 Å². The van der Waals surface area contributed by atoms with E-state index in [1.165, 1.54) is 0 Å². The second-order valence-corrected chi connectivity index (χ2v) is 3.52. The molecular formula is C11H15NO2. The minimum absolute atomic E-state index is 0.189. The van der Waals surface area contributed by atoms with Gasteiger partial charge in [0.05, 0.1) is 5.56 Å². The van der Waals surface area contributed by atoms with Gasteiger partial charge in [-0.1, -0.05) is 12.1 Å². The summed E-state index contributed by atoms with van der Waals surface area (Å²) in [5.41, 5.74) is 7.08. The average molecular weight is 193 g/mol. The van der Waals surface area contributed by atoms with E-state index in [-0.39, 0.29) is 6.04 Å². The van der Waals surface area contributed by atoms with Gasteiger partial charge >= 0.3 is 5.97 Å². The summed E-state index contributed by atoms with van der Waals surface area (Å²) < 4.78 is 0. The first-order chi connectivity index (χ1) is 6.59. The van der Waals surface area contributed by atoms with Crippen molar-refractivity contribution in [2.24, 2.45) is 5.73 Å². The standard InChI is InChI=1S/C11H15NO2/c1-8(12)2-3-9-4-6-10(7-5-9)11(13)14/h4-8H,2-3,12H2,1H3,(H,13,14)/t8-/m0/s1. The third-order valence-corrected chi connectivity index (χ3v) is 2.09. The van der Waals surface area contributed by atoms with Gasteiger partial charge in [0, 0.05) is 6.04 Å². The first-order valence-electron chi connectivity index (χ1n) is 4.67. The number of aromatic carboxylic acids is 1. The largest absolute Gasteiger partial charge is 0.478 e. The van der Waals surface area contributed by atoms with Gasteiger partial charge < -0.3 is 10.8 Å². The maximum atomic E-state index is 10.6. The molecule has 0 heterocycles. The Bertz CT molecular complexity index is 304. The Kier molecular flexibility index (Phi) is 3.65.